The van der Waals surface area contributed by atoms with E-state index in [0.717, 1.165) is 10.2 Å². The van der Waals surface area contributed by atoms with Gasteiger partial charge in [0.15, 0.2) is 6.29 Å². The lowest BCUT2D eigenvalue weighted by Gasteiger charge is -1.95. The van der Waals surface area contributed by atoms with Gasteiger partial charge in [-0.2, -0.15) is 0 Å². The minimum absolute atomic E-state index is 0.226. The van der Waals surface area contributed by atoms with E-state index in [4.69, 9.17) is 0 Å². The molecule has 0 radical (unpaired) electrons. The zero-order valence-electron chi connectivity index (χ0n) is 7.37. The number of carbonyl (C=O) groups is 2. The summed E-state index contributed by atoms with van der Waals surface area (Å²) in [5.74, 6) is -0.518. The molecule has 14 heavy (non-hydrogen) atoms. The van der Waals surface area contributed by atoms with Crippen molar-refractivity contribution in [3.05, 3.63) is 22.7 Å². The molecular formula is C9H7NO3S. The minimum Gasteiger partial charge on any atom is -0.464 e. The van der Waals surface area contributed by atoms with Gasteiger partial charge in [-0.3, -0.25) is 4.79 Å². The summed E-state index contributed by atoms with van der Waals surface area (Å²) in [7, 11) is 1.28. The molecule has 0 bridgehead atoms. The molecule has 0 amide bonds. The Balaban J connectivity index is 2.69. The normalized spacial score (nSPS) is 10.4. The van der Waals surface area contributed by atoms with Crippen LogP contribution in [0.5, 0.6) is 0 Å². The van der Waals surface area contributed by atoms with Gasteiger partial charge in [-0.25, -0.2) is 4.79 Å². The Bertz CT molecular complexity index is 497. The summed E-state index contributed by atoms with van der Waals surface area (Å²) in [5, 5.41) is 1.86. The van der Waals surface area contributed by atoms with Crippen molar-refractivity contribution >= 4 is 33.8 Å². The number of aromatic amines is 1. The molecule has 2 heterocycles. The highest BCUT2D eigenvalue weighted by Crippen LogP contribution is 2.26. The van der Waals surface area contributed by atoms with Crippen molar-refractivity contribution in [1.29, 1.82) is 0 Å². The zero-order valence-corrected chi connectivity index (χ0v) is 8.18. The number of carbonyl (C=O) groups excluding carboxylic acids is 2. The Morgan fingerprint density at radius 3 is 3.07 bits per heavy atom. The topological polar surface area (TPSA) is 59.2 Å². The summed E-state index contributed by atoms with van der Waals surface area (Å²) >= 11 is 1.42. The Kier molecular flexibility index (Phi) is 2.09. The fourth-order valence-electron chi connectivity index (χ4n) is 1.31. The number of methoxy groups -OCH3 is 1. The second-order valence-electron chi connectivity index (χ2n) is 2.69. The van der Waals surface area contributed by atoms with E-state index in [1.807, 2.05) is 11.4 Å². The SMILES string of the molecule is COC(=O)c1[nH]c2ccsc2c1C=O. The third kappa shape index (κ3) is 1.13. The van der Waals surface area contributed by atoms with Crippen molar-refractivity contribution in [2.24, 2.45) is 0 Å². The number of esters is 1. The van der Waals surface area contributed by atoms with E-state index in [2.05, 4.69) is 9.72 Å². The molecule has 2 aromatic rings. The van der Waals surface area contributed by atoms with Crippen molar-refractivity contribution < 1.29 is 14.3 Å². The molecule has 0 aromatic carbocycles. The lowest BCUT2D eigenvalue weighted by Crippen LogP contribution is -2.04. The highest BCUT2D eigenvalue weighted by atomic mass is 32.1. The molecule has 0 spiro atoms. The first-order valence-corrected chi connectivity index (χ1v) is 4.78. The monoisotopic (exact) mass is 209 g/mol. The second kappa shape index (κ2) is 3.26. The second-order valence-corrected chi connectivity index (χ2v) is 3.60. The molecule has 0 aliphatic heterocycles. The third-order valence-electron chi connectivity index (χ3n) is 1.95. The number of fused-ring (bicyclic) bond motifs is 1. The van der Waals surface area contributed by atoms with Crippen LogP contribution < -0.4 is 0 Å². The maximum Gasteiger partial charge on any atom is 0.355 e. The van der Waals surface area contributed by atoms with Gasteiger partial charge in [0.05, 0.1) is 22.9 Å². The van der Waals surface area contributed by atoms with E-state index < -0.39 is 5.97 Å². The third-order valence-corrected chi connectivity index (χ3v) is 2.89. The van der Waals surface area contributed by atoms with Crippen LogP contribution in [0, 0.1) is 0 Å². The zero-order chi connectivity index (χ0) is 10.1. The molecule has 0 unspecified atom stereocenters. The molecule has 0 aliphatic carbocycles. The van der Waals surface area contributed by atoms with Crippen molar-refractivity contribution in [2.75, 3.05) is 7.11 Å². The molecular weight excluding hydrogens is 202 g/mol. The first-order chi connectivity index (χ1) is 6.77. The predicted octanol–water partition coefficient (Wildman–Crippen LogP) is 1.83. The molecule has 1 N–H and O–H groups in total. The number of hydrogen-bond donors (Lipinski definition) is 1. The Hall–Kier alpha value is -1.62. The van der Waals surface area contributed by atoms with Gasteiger partial charge in [0.2, 0.25) is 0 Å². The molecule has 0 atom stereocenters. The van der Waals surface area contributed by atoms with Gasteiger partial charge in [0.1, 0.15) is 5.69 Å². The molecule has 0 aliphatic rings. The Labute approximate surface area is 83.5 Å². The summed E-state index contributed by atoms with van der Waals surface area (Å²) in [6.45, 7) is 0. The number of hydrogen-bond acceptors (Lipinski definition) is 4. The lowest BCUT2D eigenvalue weighted by atomic mass is 10.2. The summed E-state index contributed by atoms with van der Waals surface area (Å²) in [6.07, 6.45) is 0.668. The number of nitrogens with one attached hydrogen (secondary N) is 1. The largest absolute Gasteiger partial charge is 0.464 e. The number of aromatic nitrogens is 1. The molecule has 5 heteroatoms. The van der Waals surface area contributed by atoms with E-state index in [1.54, 1.807) is 0 Å². The quantitative estimate of drug-likeness (QED) is 0.606. The van der Waals surface area contributed by atoms with Crippen LogP contribution in [0.1, 0.15) is 20.8 Å². The van der Waals surface area contributed by atoms with Crippen LogP contribution in [-0.2, 0) is 4.74 Å². The van der Waals surface area contributed by atoms with Crippen molar-refractivity contribution in [3.8, 4) is 0 Å². The maximum absolute atomic E-state index is 11.3. The van der Waals surface area contributed by atoms with E-state index in [-0.39, 0.29) is 5.69 Å². The lowest BCUT2D eigenvalue weighted by molar-refractivity contribution is 0.0593. The summed E-state index contributed by atoms with van der Waals surface area (Å²) in [5.41, 5.74) is 1.39. The first kappa shape index (κ1) is 8.96. The molecule has 0 saturated heterocycles. The highest BCUT2D eigenvalue weighted by molar-refractivity contribution is 7.17. The van der Waals surface area contributed by atoms with Crippen LogP contribution in [0.3, 0.4) is 0 Å². The molecule has 2 aromatic heterocycles. The van der Waals surface area contributed by atoms with E-state index in [0.29, 0.717) is 11.8 Å². The number of H-pyrrole nitrogens is 1. The molecule has 4 nitrogen and oxygen atoms in total. The maximum atomic E-state index is 11.3. The standard InChI is InChI=1S/C9H7NO3S/c1-13-9(12)7-5(4-11)8-6(10-7)2-3-14-8/h2-4,10H,1H3. The Morgan fingerprint density at radius 1 is 1.64 bits per heavy atom. The fourth-order valence-corrected chi connectivity index (χ4v) is 2.17. The van der Waals surface area contributed by atoms with Crippen LogP contribution in [0.25, 0.3) is 10.2 Å². The predicted molar refractivity (Wildman–Crippen MR) is 52.9 cm³/mol. The van der Waals surface area contributed by atoms with Crippen LogP contribution in [0.15, 0.2) is 11.4 Å². The van der Waals surface area contributed by atoms with Gasteiger partial charge in [-0.05, 0) is 11.4 Å². The van der Waals surface area contributed by atoms with Gasteiger partial charge in [0, 0.05) is 0 Å². The van der Waals surface area contributed by atoms with Gasteiger partial charge >= 0.3 is 5.97 Å². The summed E-state index contributed by atoms with van der Waals surface area (Å²) < 4.78 is 5.35. The smallest absolute Gasteiger partial charge is 0.355 e. The fraction of sp³-hybridized carbons (Fsp3) is 0.111. The average Bonchev–Trinajstić information content (AvgIpc) is 2.74. The number of ether oxygens (including phenoxy) is 1. The van der Waals surface area contributed by atoms with Crippen molar-refractivity contribution in [2.45, 2.75) is 0 Å². The molecule has 0 fully saturated rings. The van der Waals surface area contributed by atoms with Crippen molar-refractivity contribution in [1.82, 2.24) is 4.98 Å². The van der Waals surface area contributed by atoms with E-state index >= 15 is 0 Å². The van der Waals surface area contributed by atoms with Crippen LogP contribution in [0.2, 0.25) is 0 Å². The molecule has 0 saturated carbocycles. The van der Waals surface area contributed by atoms with Crippen molar-refractivity contribution in [3.63, 3.8) is 0 Å². The summed E-state index contributed by atoms with van der Waals surface area (Å²) in [6, 6.07) is 1.82. The minimum atomic E-state index is -0.518. The molecule has 72 valence electrons. The first-order valence-electron chi connectivity index (χ1n) is 3.90. The highest BCUT2D eigenvalue weighted by Gasteiger charge is 2.18. The molecule has 2 rings (SSSR count). The number of aldehydes is 1. The van der Waals surface area contributed by atoms with Gasteiger partial charge in [-0.1, -0.05) is 0 Å². The van der Waals surface area contributed by atoms with Gasteiger partial charge in [0.25, 0.3) is 0 Å². The van der Waals surface area contributed by atoms with Gasteiger partial charge < -0.3 is 9.72 Å². The van der Waals surface area contributed by atoms with Crippen LogP contribution in [-0.4, -0.2) is 24.3 Å². The van der Waals surface area contributed by atoms with E-state index in [1.165, 1.54) is 18.4 Å². The van der Waals surface area contributed by atoms with Crippen LogP contribution >= 0.6 is 11.3 Å². The van der Waals surface area contributed by atoms with Gasteiger partial charge in [-0.15, -0.1) is 11.3 Å². The Morgan fingerprint density at radius 2 is 2.43 bits per heavy atom. The number of rotatable bonds is 2. The van der Waals surface area contributed by atoms with E-state index in [9.17, 15) is 9.59 Å². The summed E-state index contributed by atoms with van der Waals surface area (Å²) in [4.78, 5) is 24.9. The average molecular weight is 209 g/mol. The van der Waals surface area contributed by atoms with Crippen LogP contribution in [0.4, 0.5) is 0 Å². The number of thiophene rings is 1.